The molecular weight excluding hydrogens is 269 g/mol. The van der Waals surface area contributed by atoms with Gasteiger partial charge in [0, 0.05) is 5.56 Å². The van der Waals surface area contributed by atoms with E-state index in [2.05, 4.69) is 0 Å². The normalized spacial score (nSPS) is 16.3. The average Bonchev–Trinajstić information content (AvgIpc) is 2.87. The van der Waals surface area contributed by atoms with E-state index in [1.165, 1.54) is 18.2 Å². The Balaban J connectivity index is 1.75. The monoisotopic (exact) mass is 283 g/mol. The van der Waals surface area contributed by atoms with Crippen LogP contribution in [0.4, 0.5) is 4.39 Å². The lowest BCUT2D eigenvalue weighted by Crippen LogP contribution is -2.00. The highest BCUT2D eigenvalue weighted by Gasteiger charge is 2.20. The third-order valence-electron chi connectivity index (χ3n) is 3.73. The summed E-state index contributed by atoms with van der Waals surface area (Å²) in [7, 11) is 0. The van der Waals surface area contributed by atoms with Crippen molar-refractivity contribution in [1.82, 2.24) is 0 Å². The van der Waals surface area contributed by atoms with Crippen LogP contribution in [0.3, 0.4) is 0 Å². The molecular formula is C17H14FNO2. The molecule has 0 aliphatic heterocycles. The largest absolute Gasteiger partial charge is 0.489 e. The fourth-order valence-electron chi connectivity index (χ4n) is 2.58. The van der Waals surface area contributed by atoms with Crippen molar-refractivity contribution >= 4 is 0 Å². The van der Waals surface area contributed by atoms with Crippen LogP contribution in [0.5, 0.6) is 5.75 Å². The smallest absolute Gasteiger partial charge is 0.129 e. The molecule has 21 heavy (non-hydrogen) atoms. The molecule has 0 unspecified atom stereocenters. The molecule has 0 fully saturated rings. The van der Waals surface area contributed by atoms with Gasteiger partial charge in [-0.05, 0) is 54.3 Å². The zero-order valence-electron chi connectivity index (χ0n) is 11.3. The number of rotatable bonds is 3. The van der Waals surface area contributed by atoms with Crippen molar-refractivity contribution in [3.8, 4) is 11.8 Å². The van der Waals surface area contributed by atoms with E-state index < -0.39 is 0 Å². The van der Waals surface area contributed by atoms with Crippen molar-refractivity contribution in [2.75, 3.05) is 0 Å². The Morgan fingerprint density at radius 1 is 1.29 bits per heavy atom. The topological polar surface area (TPSA) is 53.2 Å². The molecule has 106 valence electrons. The minimum atomic E-state index is -0.390. The first kappa shape index (κ1) is 13.6. The third kappa shape index (κ3) is 2.74. The third-order valence-corrected chi connectivity index (χ3v) is 3.73. The maximum atomic E-state index is 13.7. The van der Waals surface area contributed by atoms with Gasteiger partial charge < -0.3 is 9.84 Å². The van der Waals surface area contributed by atoms with Gasteiger partial charge in [-0.25, -0.2) is 4.39 Å². The molecule has 0 heterocycles. The Hall–Kier alpha value is -2.38. The number of nitriles is 1. The second-order valence-electron chi connectivity index (χ2n) is 5.12. The number of ether oxygens (including phenoxy) is 1. The molecule has 0 spiro atoms. The fourth-order valence-corrected chi connectivity index (χ4v) is 2.58. The molecule has 1 aliphatic carbocycles. The van der Waals surface area contributed by atoms with Crippen molar-refractivity contribution in [2.24, 2.45) is 0 Å². The van der Waals surface area contributed by atoms with Gasteiger partial charge in [-0.15, -0.1) is 0 Å². The van der Waals surface area contributed by atoms with Gasteiger partial charge in [-0.3, -0.25) is 0 Å². The van der Waals surface area contributed by atoms with Crippen molar-refractivity contribution in [2.45, 2.75) is 25.6 Å². The average molecular weight is 283 g/mol. The lowest BCUT2D eigenvalue weighted by Gasteiger charge is -2.10. The van der Waals surface area contributed by atoms with Crippen molar-refractivity contribution < 1.29 is 14.2 Å². The van der Waals surface area contributed by atoms with Crippen LogP contribution in [0.15, 0.2) is 36.4 Å². The standard InChI is InChI=1S/C17H14FNO2/c18-16-5-1-11(9-19)7-13(16)10-21-14-3-4-15-12(8-14)2-6-17(15)20/h1,3-5,7-8,17,20H,2,6,10H2/t17-/m1/s1. The molecule has 1 atom stereocenters. The summed E-state index contributed by atoms with van der Waals surface area (Å²) < 4.78 is 19.3. The van der Waals surface area contributed by atoms with E-state index in [0.29, 0.717) is 16.9 Å². The SMILES string of the molecule is N#Cc1ccc(F)c(COc2ccc3c(c2)CC[C@H]3O)c1. The summed E-state index contributed by atoms with van der Waals surface area (Å²) in [6, 6.07) is 11.7. The van der Waals surface area contributed by atoms with E-state index in [0.717, 1.165) is 24.0 Å². The molecule has 0 radical (unpaired) electrons. The molecule has 1 N–H and O–H groups in total. The van der Waals surface area contributed by atoms with Crippen LogP contribution in [0, 0.1) is 17.1 Å². The summed E-state index contributed by atoms with van der Waals surface area (Å²) in [6.45, 7) is 0.0721. The number of hydrogen-bond donors (Lipinski definition) is 1. The van der Waals surface area contributed by atoms with E-state index in [9.17, 15) is 9.50 Å². The first-order valence-corrected chi connectivity index (χ1v) is 6.79. The fraction of sp³-hybridized carbons (Fsp3) is 0.235. The number of halogens is 1. The molecule has 2 aromatic carbocycles. The number of fused-ring (bicyclic) bond motifs is 1. The van der Waals surface area contributed by atoms with Crippen LogP contribution >= 0.6 is 0 Å². The van der Waals surface area contributed by atoms with E-state index in [1.807, 2.05) is 18.2 Å². The van der Waals surface area contributed by atoms with Crippen molar-refractivity contribution in [1.29, 1.82) is 5.26 Å². The molecule has 3 rings (SSSR count). The Morgan fingerprint density at radius 2 is 2.14 bits per heavy atom. The minimum absolute atomic E-state index is 0.0721. The Morgan fingerprint density at radius 3 is 2.95 bits per heavy atom. The second-order valence-corrected chi connectivity index (χ2v) is 5.12. The maximum absolute atomic E-state index is 13.7. The summed E-state index contributed by atoms with van der Waals surface area (Å²) in [6.07, 6.45) is 1.17. The maximum Gasteiger partial charge on any atom is 0.129 e. The lowest BCUT2D eigenvalue weighted by atomic mass is 10.1. The highest BCUT2D eigenvalue weighted by atomic mass is 19.1. The zero-order valence-corrected chi connectivity index (χ0v) is 11.3. The van der Waals surface area contributed by atoms with Crippen LogP contribution in [-0.4, -0.2) is 5.11 Å². The lowest BCUT2D eigenvalue weighted by molar-refractivity contribution is 0.180. The van der Waals surface area contributed by atoms with Crippen LogP contribution in [0.25, 0.3) is 0 Å². The van der Waals surface area contributed by atoms with Gasteiger partial charge in [0.05, 0.1) is 17.7 Å². The summed E-state index contributed by atoms with van der Waals surface area (Å²) in [5.41, 5.74) is 2.79. The summed E-state index contributed by atoms with van der Waals surface area (Å²) in [4.78, 5) is 0. The van der Waals surface area contributed by atoms with Crippen LogP contribution < -0.4 is 4.74 Å². The molecule has 0 saturated heterocycles. The minimum Gasteiger partial charge on any atom is -0.489 e. The van der Waals surface area contributed by atoms with Crippen LogP contribution in [0.1, 0.15) is 34.8 Å². The number of aryl methyl sites for hydroxylation is 1. The predicted octanol–water partition coefficient (Wildman–Crippen LogP) is 3.26. The van der Waals surface area contributed by atoms with E-state index in [-0.39, 0.29) is 18.5 Å². The summed E-state index contributed by atoms with van der Waals surface area (Å²) in [5, 5.41) is 18.6. The van der Waals surface area contributed by atoms with Crippen LogP contribution in [-0.2, 0) is 13.0 Å². The van der Waals surface area contributed by atoms with Gasteiger partial charge in [-0.2, -0.15) is 5.26 Å². The molecule has 4 heteroatoms. The van der Waals surface area contributed by atoms with Gasteiger partial charge in [-0.1, -0.05) is 6.07 Å². The zero-order chi connectivity index (χ0) is 14.8. The van der Waals surface area contributed by atoms with E-state index in [1.54, 1.807) is 6.07 Å². The Labute approximate surface area is 122 Å². The summed E-state index contributed by atoms with van der Waals surface area (Å²) in [5.74, 6) is 0.259. The quantitative estimate of drug-likeness (QED) is 0.940. The molecule has 1 aliphatic rings. The highest BCUT2D eigenvalue weighted by molar-refractivity contribution is 5.40. The second kappa shape index (κ2) is 5.55. The first-order valence-electron chi connectivity index (χ1n) is 6.79. The van der Waals surface area contributed by atoms with Gasteiger partial charge in [0.1, 0.15) is 18.2 Å². The van der Waals surface area contributed by atoms with Crippen molar-refractivity contribution in [3.05, 3.63) is 64.5 Å². The van der Waals surface area contributed by atoms with Gasteiger partial charge in [0.15, 0.2) is 0 Å². The van der Waals surface area contributed by atoms with Gasteiger partial charge in [0.25, 0.3) is 0 Å². The van der Waals surface area contributed by atoms with Crippen LogP contribution in [0.2, 0.25) is 0 Å². The number of aliphatic hydroxyl groups excluding tert-OH is 1. The highest BCUT2D eigenvalue weighted by Crippen LogP contribution is 2.33. The number of benzene rings is 2. The molecule has 3 nitrogen and oxygen atoms in total. The van der Waals surface area contributed by atoms with Crippen molar-refractivity contribution in [3.63, 3.8) is 0 Å². The van der Waals surface area contributed by atoms with Gasteiger partial charge >= 0.3 is 0 Å². The number of aliphatic hydroxyl groups is 1. The number of hydrogen-bond acceptors (Lipinski definition) is 3. The first-order chi connectivity index (χ1) is 10.2. The number of nitrogens with zero attached hydrogens (tertiary/aromatic N) is 1. The Bertz CT molecular complexity index is 721. The Kier molecular flexibility index (Phi) is 3.59. The predicted molar refractivity (Wildman–Crippen MR) is 75.2 cm³/mol. The molecule has 0 aromatic heterocycles. The summed E-state index contributed by atoms with van der Waals surface area (Å²) >= 11 is 0. The van der Waals surface area contributed by atoms with E-state index >= 15 is 0 Å². The molecule has 2 aromatic rings. The van der Waals surface area contributed by atoms with E-state index in [4.69, 9.17) is 10.00 Å². The molecule has 0 amide bonds. The molecule has 0 bridgehead atoms. The molecule has 0 saturated carbocycles. The van der Waals surface area contributed by atoms with Gasteiger partial charge in [0.2, 0.25) is 0 Å².